The third-order valence-electron chi connectivity index (χ3n) is 0.975. The van der Waals surface area contributed by atoms with Crippen molar-refractivity contribution in [3.05, 3.63) is 0 Å². The highest BCUT2D eigenvalue weighted by molar-refractivity contribution is 5.96. The summed E-state index contributed by atoms with van der Waals surface area (Å²) in [6.07, 6.45) is 0. The Labute approximate surface area is 66.7 Å². The fourth-order valence-electron chi connectivity index (χ4n) is 0.463. The van der Waals surface area contributed by atoms with Gasteiger partial charge in [0.05, 0.1) is 0 Å². The Morgan fingerprint density at radius 3 is 2.45 bits per heavy atom. The van der Waals surface area contributed by atoms with Crippen LogP contribution in [0.2, 0.25) is 0 Å². The van der Waals surface area contributed by atoms with Gasteiger partial charge in [-0.3, -0.25) is 0 Å². The third kappa shape index (κ3) is 5.42. The van der Waals surface area contributed by atoms with Crippen LogP contribution in [0.15, 0.2) is 15.0 Å². The number of aliphatic imine (C=N–C) groups is 3. The molecule has 0 aromatic heterocycles. The maximum absolute atomic E-state index is 4.72. The van der Waals surface area contributed by atoms with E-state index < -0.39 is 0 Å². The SMILES string of the molecule is C=N/C(C)=N\C(C)=N/COC. The van der Waals surface area contributed by atoms with E-state index in [4.69, 9.17) is 4.74 Å². The Bertz CT molecular complexity index is 184. The number of methoxy groups -OCH3 is 1. The van der Waals surface area contributed by atoms with Gasteiger partial charge in [-0.05, 0) is 20.6 Å². The highest BCUT2D eigenvalue weighted by atomic mass is 16.5. The van der Waals surface area contributed by atoms with Crippen LogP contribution in [-0.4, -0.2) is 32.2 Å². The van der Waals surface area contributed by atoms with Crippen molar-refractivity contribution in [1.82, 2.24) is 0 Å². The molecule has 0 N–H and O–H groups in total. The van der Waals surface area contributed by atoms with Crippen molar-refractivity contribution < 1.29 is 4.74 Å². The summed E-state index contributed by atoms with van der Waals surface area (Å²) in [5.74, 6) is 1.26. The first-order valence-corrected chi connectivity index (χ1v) is 3.22. The average Bonchev–Trinajstić information content (AvgIpc) is 2.00. The minimum absolute atomic E-state index is 0.333. The van der Waals surface area contributed by atoms with Crippen LogP contribution in [0.4, 0.5) is 0 Å². The largest absolute Gasteiger partial charge is 0.362 e. The minimum atomic E-state index is 0.333. The summed E-state index contributed by atoms with van der Waals surface area (Å²) >= 11 is 0. The quantitative estimate of drug-likeness (QED) is 0.435. The van der Waals surface area contributed by atoms with Crippen molar-refractivity contribution in [2.45, 2.75) is 13.8 Å². The smallest absolute Gasteiger partial charge is 0.139 e. The summed E-state index contributed by atoms with van der Waals surface area (Å²) in [6, 6.07) is 0. The number of hydrogen-bond acceptors (Lipinski definition) is 2. The topological polar surface area (TPSA) is 46.3 Å². The molecule has 0 aliphatic rings. The molecule has 11 heavy (non-hydrogen) atoms. The number of nitrogens with zero attached hydrogens (tertiary/aromatic N) is 3. The molecule has 62 valence electrons. The van der Waals surface area contributed by atoms with Gasteiger partial charge in [-0.2, -0.15) is 0 Å². The van der Waals surface area contributed by atoms with E-state index in [1.807, 2.05) is 0 Å². The van der Waals surface area contributed by atoms with E-state index >= 15 is 0 Å². The van der Waals surface area contributed by atoms with E-state index in [9.17, 15) is 0 Å². The number of hydrogen-bond donors (Lipinski definition) is 0. The molecule has 4 nitrogen and oxygen atoms in total. The Balaban J connectivity index is 4.03. The molecule has 0 aromatic rings. The molecule has 0 amide bonds. The van der Waals surface area contributed by atoms with E-state index in [0.29, 0.717) is 18.4 Å². The Morgan fingerprint density at radius 1 is 1.36 bits per heavy atom. The lowest BCUT2D eigenvalue weighted by Crippen LogP contribution is -1.95. The van der Waals surface area contributed by atoms with Crippen molar-refractivity contribution >= 4 is 18.4 Å². The van der Waals surface area contributed by atoms with Crippen LogP contribution in [0.3, 0.4) is 0 Å². The van der Waals surface area contributed by atoms with Crippen LogP contribution >= 0.6 is 0 Å². The Morgan fingerprint density at radius 2 is 2.00 bits per heavy atom. The van der Waals surface area contributed by atoms with Crippen LogP contribution in [0, 0.1) is 0 Å². The number of rotatable bonds is 2. The molecule has 0 aromatic carbocycles. The zero-order valence-corrected chi connectivity index (χ0v) is 7.16. The summed E-state index contributed by atoms with van der Waals surface area (Å²) in [4.78, 5) is 11.6. The van der Waals surface area contributed by atoms with Gasteiger partial charge >= 0.3 is 0 Å². The average molecular weight is 155 g/mol. The van der Waals surface area contributed by atoms with Crippen LogP contribution in [0.1, 0.15) is 13.8 Å². The van der Waals surface area contributed by atoms with Crippen molar-refractivity contribution in [2.24, 2.45) is 15.0 Å². The fraction of sp³-hybridized carbons (Fsp3) is 0.571. The molecule has 0 aliphatic carbocycles. The summed E-state index contributed by atoms with van der Waals surface area (Å²) in [5, 5.41) is 0. The van der Waals surface area contributed by atoms with Gasteiger partial charge in [-0.25, -0.2) is 15.0 Å². The zero-order chi connectivity index (χ0) is 8.69. The fourth-order valence-corrected chi connectivity index (χ4v) is 0.463. The predicted molar refractivity (Wildman–Crippen MR) is 47.6 cm³/mol. The molecule has 0 unspecified atom stereocenters. The van der Waals surface area contributed by atoms with E-state index in [1.54, 1.807) is 21.0 Å². The van der Waals surface area contributed by atoms with Gasteiger partial charge in [0.15, 0.2) is 0 Å². The lowest BCUT2D eigenvalue weighted by molar-refractivity contribution is 0.209. The molecule has 4 heteroatoms. The van der Waals surface area contributed by atoms with Gasteiger partial charge in [0.2, 0.25) is 0 Å². The summed E-state index contributed by atoms with van der Waals surface area (Å²) in [6.45, 7) is 7.21. The van der Waals surface area contributed by atoms with Crippen molar-refractivity contribution in [3.8, 4) is 0 Å². The molecule has 0 fully saturated rings. The lowest BCUT2D eigenvalue weighted by atomic mass is 10.6. The molecule has 0 bridgehead atoms. The Kier molecular flexibility index (Phi) is 5.20. The van der Waals surface area contributed by atoms with Gasteiger partial charge in [0.25, 0.3) is 0 Å². The van der Waals surface area contributed by atoms with Gasteiger partial charge in [0.1, 0.15) is 18.4 Å². The molecule has 0 saturated carbocycles. The van der Waals surface area contributed by atoms with Crippen LogP contribution in [-0.2, 0) is 4.74 Å². The van der Waals surface area contributed by atoms with Gasteiger partial charge < -0.3 is 4.74 Å². The molecular weight excluding hydrogens is 142 g/mol. The van der Waals surface area contributed by atoms with E-state index in [1.165, 1.54) is 0 Å². The second kappa shape index (κ2) is 5.73. The van der Waals surface area contributed by atoms with Gasteiger partial charge in [-0.15, -0.1) is 0 Å². The lowest BCUT2D eigenvalue weighted by Gasteiger charge is -1.93. The highest BCUT2D eigenvalue weighted by Crippen LogP contribution is 1.84. The van der Waals surface area contributed by atoms with E-state index in [0.717, 1.165) is 0 Å². The molecular formula is C7H13N3O. The monoisotopic (exact) mass is 155 g/mol. The molecule has 0 rings (SSSR count). The zero-order valence-electron chi connectivity index (χ0n) is 7.16. The predicted octanol–water partition coefficient (Wildman–Crippen LogP) is 1.13. The first kappa shape index (κ1) is 9.97. The van der Waals surface area contributed by atoms with E-state index in [-0.39, 0.29) is 0 Å². The van der Waals surface area contributed by atoms with Crippen molar-refractivity contribution in [1.29, 1.82) is 0 Å². The highest BCUT2D eigenvalue weighted by Gasteiger charge is 1.86. The first-order chi connectivity index (χ1) is 5.20. The maximum atomic E-state index is 4.72. The summed E-state index contributed by atoms with van der Waals surface area (Å²) < 4.78 is 4.72. The normalized spacial score (nSPS) is 13.4. The van der Waals surface area contributed by atoms with Crippen LogP contribution in [0.5, 0.6) is 0 Å². The molecule has 0 radical (unpaired) electrons. The Hall–Kier alpha value is -1.03. The summed E-state index contributed by atoms with van der Waals surface area (Å²) in [7, 11) is 1.58. The van der Waals surface area contributed by atoms with Crippen molar-refractivity contribution in [2.75, 3.05) is 13.8 Å². The molecule has 0 heterocycles. The molecule has 0 aliphatic heterocycles. The minimum Gasteiger partial charge on any atom is -0.362 e. The van der Waals surface area contributed by atoms with Crippen molar-refractivity contribution in [3.63, 3.8) is 0 Å². The third-order valence-corrected chi connectivity index (χ3v) is 0.975. The molecule has 0 spiro atoms. The first-order valence-electron chi connectivity index (χ1n) is 3.22. The van der Waals surface area contributed by atoms with Gasteiger partial charge in [-0.1, -0.05) is 0 Å². The second-order valence-corrected chi connectivity index (χ2v) is 1.94. The van der Waals surface area contributed by atoms with E-state index in [2.05, 4.69) is 21.7 Å². The molecule has 0 saturated heterocycles. The van der Waals surface area contributed by atoms with Crippen LogP contribution in [0.25, 0.3) is 0 Å². The summed E-state index contributed by atoms with van der Waals surface area (Å²) in [5.41, 5.74) is 0. The van der Waals surface area contributed by atoms with Crippen LogP contribution < -0.4 is 0 Å². The van der Waals surface area contributed by atoms with Gasteiger partial charge in [0, 0.05) is 7.11 Å². The standard InChI is InChI=1S/C7H13N3O/c1-6(8-3)10-7(2)9-5-11-4/h3,5H2,1-2,4H3/b9-7-,10-6-. The number of ether oxygens (including phenoxy) is 1. The second-order valence-electron chi connectivity index (χ2n) is 1.94. The molecule has 0 atom stereocenters. The maximum Gasteiger partial charge on any atom is 0.139 e. The number of amidine groups is 2.